The van der Waals surface area contributed by atoms with Gasteiger partial charge in [0.1, 0.15) is 0 Å². The van der Waals surface area contributed by atoms with Gasteiger partial charge in [0.05, 0.1) is 25.4 Å². The van der Waals surface area contributed by atoms with Gasteiger partial charge in [-0.25, -0.2) is 0 Å². The van der Waals surface area contributed by atoms with E-state index in [-0.39, 0.29) is 26.3 Å². The molecule has 18 heavy (non-hydrogen) atoms. The summed E-state index contributed by atoms with van der Waals surface area (Å²) in [6.45, 7) is 0.0242. The van der Waals surface area contributed by atoms with E-state index < -0.39 is 12.2 Å². The largest absolute Gasteiger partial charge is 0.394 e. The third-order valence-corrected chi connectivity index (χ3v) is 2.39. The molecule has 0 fully saturated rings. The van der Waals surface area contributed by atoms with E-state index in [1.165, 1.54) is 0 Å². The van der Waals surface area contributed by atoms with E-state index >= 15 is 0 Å². The Morgan fingerprint density at radius 2 is 1.11 bits per heavy atom. The van der Waals surface area contributed by atoms with Crippen LogP contribution in [0.5, 0.6) is 0 Å². The molecule has 0 saturated carbocycles. The fraction of sp³-hybridized carbons (Fsp3) is 0.500. The molecule has 6 nitrogen and oxygen atoms in total. The number of aliphatic hydroxyl groups is 4. The number of hydrogen-bond donors (Lipinski definition) is 6. The fourth-order valence-electron chi connectivity index (χ4n) is 1.31. The van der Waals surface area contributed by atoms with Crippen LogP contribution in [-0.4, -0.2) is 58.9 Å². The molecule has 0 amide bonds. The maximum Gasteiger partial charge on any atom is 0.0942 e. The molecule has 0 bridgehead atoms. The lowest BCUT2D eigenvalue weighted by Gasteiger charge is -2.12. The first-order valence-electron chi connectivity index (χ1n) is 5.81. The van der Waals surface area contributed by atoms with E-state index in [1.807, 2.05) is 24.3 Å². The third-order valence-electron chi connectivity index (χ3n) is 2.39. The summed E-state index contributed by atoms with van der Waals surface area (Å²) in [4.78, 5) is 0. The Bertz CT molecular complexity index is 298. The molecule has 0 radical (unpaired) electrons. The average Bonchev–Trinajstić information content (AvgIpc) is 2.43. The zero-order chi connectivity index (χ0) is 13.4. The zero-order valence-electron chi connectivity index (χ0n) is 10.1. The number of anilines is 2. The summed E-state index contributed by atoms with van der Waals surface area (Å²) in [6.07, 6.45) is -1.55. The molecular formula is C12H20N2O4. The van der Waals surface area contributed by atoms with E-state index in [0.29, 0.717) is 0 Å². The van der Waals surface area contributed by atoms with Crippen LogP contribution in [0.1, 0.15) is 0 Å². The molecule has 0 saturated heterocycles. The number of hydrogen-bond acceptors (Lipinski definition) is 6. The standard InChI is InChI=1S/C12H20N2O4/c15-7-11(17)5-13-9-1-2-10(4-3-9)14-6-12(18)8-16/h1-4,11-18H,5-8H2. The van der Waals surface area contributed by atoms with Crippen LogP contribution >= 0.6 is 0 Å². The highest BCUT2D eigenvalue weighted by Crippen LogP contribution is 2.13. The summed E-state index contributed by atoms with van der Waals surface area (Å²) in [7, 11) is 0. The molecule has 2 atom stereocenters. The Labute approximate surface area is 106 Å². The molecule has 0 heterocycles. The zero-order valence-corrected chi connectivity index (χ0v) is 10.1. The average molecular weight is 256 g/mol. The summed E-state index contributed by atoms with van der Waals surface area (Å²) in [6, 6.07) is 7.27. The van der Waals surface area contributed by atoms with Gasteiger partial charge >= 0.3 is 0 Å². The molecule has 0 aliphatic rings. The third kappa shape index (κ3) is 5.33. The first-order chi connectivity index (χ1) is 8.65. The van der Waals surface area contributed by atoms with Crippen LogP contribution in [0.2, 0.25) is 0 Å². The van der Waals surface area contributed by atoms with Crippen LogP contribution in [0.25, 0.3) is 0 Å². The molecule has 1 rings (SSSR count). The Kier molecular flexibility index (Phi) is 6.45. The minimum atomic E-state index is -0.775. The van der Waals surface area contributed by atoms with Crippen LogP contribution in [0.3, 0.4) is 0 Å². The van der Waals surface area contributed by atoms with Crippen molar-refractivity contribution in [3.05, 3.63) is 24.3 Å². The quantitative estimate of drug-likeness (QED) is 0.364. The van der Waals surface area contributed by atoms with Gasteiger partial charge in [-0.1, -0.05) is 0 Å². The van der Waals surface area contributed by atoms with Gasteiger partial charge in [0.25, 0.3) is 0 Å². The van der Waals surface area contributed by atoms with Gasteiger partial charge in [0.15, 0.2) is 0 Å². The molecule has 6 heteroatoms. The molecule has 102 valence electrons. The van der Waals surface area contributed by atoms with Crippen LogP contribution in [0.15, 0.2) is 24.3 Å². The molecule has 2 unspecified atom stereocenters. The Morgan fingerprint density at radius 3 is 1.39 bits per heavy atom. The van der Waals surface area contributed by atoms with Gasteiger partial charge in [-0.2, -0.15) is 0 Å². The fourth-order valence-corrected chi connectivity index (χ4v) is 1.31. The van der Waals surface area contributed by atoms with Gasteiger partial charge < -0.3 is 31.1 Å². The summed E-state index contributed by atoms with van der Waals surface area (Å²) in [5, 5.41) is 41.6. The lowest BCUT2D eigenvalue weighted by molar-refractivity contribution is 0.105. The molecule has 0 aliphatic heterocycles. The monoisotopic (exact) mass is 256 g/mol. The molecular weight excluding hydrogens is 236 g/mol. The first-order valence-corrected chi connectivity index (χ1v) is 5.81. The van der Waals surface area contributed by atoms with Gasteiger partial charge in [-0.3, -0.25) is 0 Å². The summed E-state index contributed by atoms with van der Waals surface area (Å²) >= 11 is 0. The Balaban J connectivity index is 2.37. The molecule has 1 aromatic rings. The van der Waals surface area contributed by atoms with Gasteiger partial charge in [0, 0.05) is 24.5 Å². The minimum Gasteiger partial charge on any atom is -0.394 e. The van der Waals surface area contributed by atoms with Crippen molar-refractivity contribution in [1.82, 2.24) is 0 Å². The lowest BCUT2D eigenvalue weighted by atomic mass is 10.2. The highest BCUT2D eigenvalue weighted by molar-refractivity contribution is 5.53. The second-order valence-electron chi connectivity index (χ2n) is 4.01. The predicted octanol–water partition coefficient (Wildman–Crippen LogP) is -0.783. The van der Waals surface area contributed by atoms with Crippen molar-refractivity contribution < 1.29 is 20.4 Å². The number of nitrogens with one attached hydrogen (secondary N) is 2. The first kappa shape index (κ1) is 14.7. The minimum absolute atomic E-state index is 0.272. The van der Waals surface area contributed by atoms with Crippen molar-refractivity contribution in [3.63, 3.8) is 0 Å². The van der Waals surface area contributed by atoms with Gasteiger partial charge in [-0.15, -0.1) is 0 Å². The van der Waals surface area contributed by atoms with Crippen LogP contribution in [0, 0.1) is 0 Å². The van der Waals surface area contributed by atoms with Crippen molar-refractivity contribution in [2.24, 2.45) is 0 Å². The molecule has 0 aromatic heterocycles. The summed E-state index contributed by atoms with van der Waals surface area (Å²) in [5.74, 6) is 0. The number of aliphatic hydroxyl groups excluding tert-OH is 4. The highest BCUT2D eigenvalue weighted by atomic mass is 16.3. The molecule has 1 aromatic carbocycles. The van der Waals surface area contributed by atoms with Crippen molar-refractivity contribution in [2.75, 3.05) is 36.9 Å². The SMILES string of the molecule is OCC(O)CNc1ccc(NCC(O)CO)cc1. The summed E-state index contributed by atoms with van der Waals surface area (Å²) < 4.78 is 0. The van der Waals surface area contributed by atoms with Crippen molar-refractivity contribution >= 4 is 11.4 Å². The maximum absolute atomic E-state index is 9.17. The van der Waals surface area contributed by atoms with E-state index in [2.05, 4.69) is 10.6 Å². The number of benzene rings is 1. The lowest BCUT2D eigenvalue weighted by Crippen LogP contribution is -2.23. The van der Waals surface area contributed by atoms with Crippen molar-refractivity contribution in [2.45, 2.75) is 12.2 Å². The normalized spacial score (nSPS) is 14.0. The van der Waals surface area contributed by atoms with Crippen molar-refractivity contribution in [1.29, 1.82) is 0 Å². The highest BCUT2D eigenvalue weighted by Gasteiger charge is 2.02. The van der Waals surface area contributed by atoms with Gasteiger partial charge in [-0.05, 0) is 24.3 Å². The topological polar surface area (TPSA) is 105 Å². The van der Waals surface area contributed by atoms with Crippen molar-refractivity contribution in [3.8, 4) is 0 Å². The second kappa shape index (κ2) is 7.88. The number of rotatable bonds is 8. The van der Waals surface area contributed by atoms with E-state index in [4.69, 9.17) is 20.4 Å². The predicted molar refractivity (Wildman–Crippen MR) is 69.6 cm³/mol. The van der Waals surface area contributed by atoms with Gasteiger partial charge in [0.2, 0.25) is 0 Å². The second-order valence-corrected chi connectivity index (χ2v) is 4.01. The molecule has 0 spiro atoms. The van der Waals surface area contributed by atoms with E-state index in [1.54, 1.807) is 0 Å². The maximum atomic E-state index is 9.17. The Morgan fingerprint density at radius 1 is 0.778 bits per heavy atom. The summed E-state index contributed by atoms with van der Waals surface area (Å²) in [5.41, 5.74) is 1.66. The van der Waals surface area contributed by atoms with E-state index in [0.717, 1.165) is 11.4 Å². The van der Waals surface area contributed by atoms with Crippen LogP contribution < -0.4 is 10.6 Å². The smallest absolute Gasteiger partial charge is 0.0942 e. The van der Waals surface area contributed by atoms with E-state index in [9.17, 15) is 0 Å². The Hall–Kier alpha value is -1.34. The molecule has 0 aliphatic carbocycles. The van der Waals surface area contributed by atoms with Crippen LogP contribution in [0.4, 0.5) is 11.4 Å². The molecule has 6 N–H and O–H groups in total. The van der Waals surface area contributed by atoms with Crippen LogP contribution in [-0.2, 0) is 0 Å².